The van der Waals surface area contributed by atoms with E-state index in [9.17, 15) is 4.79 Å². The number of aromatic nitrogens is 2. The second-order valence-corrected chi connectivity index (χ2v) is 5.95. The molecule has 24 heavy (non-hydrogen) atoms. The SMILES string of the molecule is Nc1ccc(C2CCN(C(=O)c3ccc(B(O)O)cc3)CC2)nn1. The molecule has 2 aromatic rings. The van der Waals surface area contributed by atoms with Gasteiger partial charge in [0, 0.05) is 24.6 Å². The van der Waals surface area contributed by atoms with Crippen molar-refractivity contribution in [2.24, 2.45) is 0 Å². The van der Waals surface area contributed by atoms with Gasteiger partial charge in [-0.05, 0) is 42.6 Å². The van der Waals surface area contributed by atoms with Gasteiger partial charge < -0.3 is 20.7 Å². The van der Waals surface area contributed by atoms with Crippen LogP contribution in [0.15, 0.2) is 36.4 Å². The van der Waals surface area contributed by atoms with Crippen molar-refractivity contribution in [2.45, 2.75) is 18.8 Å². The zero-order chi connectivity index (χ0) is 17.1. The Hall–Kier alpha value is -2.45. The Bertz CT molecular complexity index is 698. The lowest BCUT2D eigenvalue weighted by Gasteiger charge is -2.31. The lowest BCUT2D eigenvalue weighted by molar-refractivity contribution is 0.0712. The number of nitrogen functional groups attached to an aromatic ring is 1. The maximum Gasteiger partial charge on any atom is 0.488 e. The van der Waals surface area contributed by atoms with E-state index in [2.05, 4.69) is 10.2 Å². The quantitative estimate of drug-likeness (QED) is 0.671. The maximum atomic E-state index is 12.5. The highest BCUT2D eigenvalue weighted by Crippen LogP contribution is 2.27. The number of amides is 1. The summed E-state index contributed by atoms with van der Waals surface area (Å²) >= 11 is 0. The van der Waals surface area contributed by atoms with Gasteiger partial charge in [-0.15, -0.1) is 5.10 Å². The number of rotatable bonds is 3. The number of nitrogens with zero attached hydrogens (tertiary/aromatic N) is 3. The molecule has 0 aliphatic carbocycles. The normalized spacial score (nSPS) is 15.3. The molecule has 1 aliphatic heterocycles. The fraction of sp³-hybridized carbons (Fsp3) is 0.312. The molecule has 124 valence electrons. The predicted octanol–water partition coefficient (Wildman–Crippen LogP) is -0.242. The van der Waals surface area contributed by atoms with Crippen LogP contribution in [0.2, 0.25) is 0 Å². The summed E-state index contributed by atoms with van der Waals surface area (Å²) in [5.41, 5.74) is 7.38. The van der Waals surface area contributed by atoms with E-state index in [4.69, 9.17) is 15.8 Å². The predicted molar refractivity (Wildman–Crippen MR) is 90.6 cm³/mol. The van der Waals surface area contributed by atoms with Gasteiger partial charge in [-0.25, -0.2) is 0 Å². The van der Waals surface area contributed by atoms with E-state index in [0.29, 0.717) is 29.9 Å². The van der Waals surface area contributed by atoms with Gasteiger partial charge in [0.25, 0.3) is 5.91 Å². The molecule has 0 bridgehead atoms. The minimum atomic E-state index is -1.52. The maximum absolute atomic E-state index is 12.5. The molecule has 0 atom stereocenters. The van der Waals surface area contributed by atoms with Crippen LogP contribution in [-0.4, -0.2) is 51.3 Å². The van der Waals surface area contributed by atoms with E-state index < -0.39 is 7.12 Å². The number of anilines is 1. The molecule has 7 nitrogen and oxygen atoms in total. The van der Waals surface area contributed by atoms with Gasteiger partial charge in [-0.2, -0.15) is 5.10 Å². The largest absolute Gasteiger partial charge is 0.488 e. The van der Waals surface area contributed by atoms with Gasteiger partial charge in [0.1, 0.15) is 5.82 Å². The molecule has 0 saturated carbocycles. The zero-order valence-corrected chi connectivity index (χ0v) is 13.2. The molecule has 0 spiro atoms. The number of nitrogens with two attached hydrogens (primary N) is 1. The average Bonchev–Trinajstić information content (AvgIpc) is 2.62. The van der Waals surface area contributed by atoms with Crippen molar-refractivity contribution in [3.05, 3.63) is 47.7 Å². The number of carbonyl (C=O) groups excluding carboxylic acids is 1. The Balaban J connectivity index is 1.61. The number of piperidine rings is 1. The summed E-state index contributed by atoms with van der Waals surface area (Å²) in [5.74, 6) is 0.646. The minimum absolute atomic E-state index is 0.0455. The third-order valence-electron chi connectivity index (χ3n) is 4.36. The molecule has 1 aliphatic rings. The van der Waals surface area contributed by atoms with Gasteiger partial charge in [0.2, 0.25) is 0 Å². The van der Waals surface area contributed by atoms with Crippen molar-refractivity contribution >= 4 is 24.3 Å². The number of hydrogen-bond donors (Lipinski definition) is 3. The molecular formula is C16H19BN4O3. The van der Waals surface area contributed by atoms with Crippen molar-refractivity contribution in [1.82, 2.24) is 15.1 Å². The third kappa shape index (κ3) is 3.55. The second kappa shape index (κ2) is 6.98. The van der Waals surface area contributed by atoms with Gasteiger partial charge >= 0.3 is 7.12 Å². The lowest BCUT2D eigenvalue weighted by Crippen LogP contribution is -2.38. The van der Waals surface area contributed by atoms with Crippen LogP contribution < -0.4 is 11.2 Å². The Labute approximate surface area is 140 Å². The van der Waals surface area contributed by atoms with Crippen LogP contribution in [0, 0.1) is 0 Å². The Morgan fingerprint density at radius 3 is 2.29 bits per heavy atom. The molecular weight excluding hydrogens is 307 g/mol. The van der Waals surface area contributed by atoms with Crippen molar-refractivity contribution in [3.63, 3.8) is 0 Å². The van der Waals surface area contributed by atoms with Gasteiger partial charge in [-0.1, -0.05) is 12.1 Å². The first-order valence-electron chi connectivity index (χ1n) is 7.89. The molecule has 1 aromatic carbocycles. The first kappa shape index (κ1) is 16.4. The molecule has 4 N–H and O–H groups in total. The monoisotopic (exact) mass is 326 g/mol. The molecule has 0 radical (unpaired) electrons. The summed E-state index contributed by atoms with van der Waals surface area (Å²) in [6.45, 7) is 1.31. The summed E-state index contributed by atoms with van der Waals surface area (Å²) in [7, 11) is -1.52. The van der Waals surface area contributed by atoms with E-state index in [1.54, 1.807) is 30.3 Å². The fourth-order valence-electron chi connectivity index (χ4n) is 2.93. The summed E-state index contributed by atoms with van der Waals surface area (Å²) in [6.07, 6.45) is 1.66. The Morgan fingerprint density at radius 2 is 1.75 bits per heavy atom. The first-order chi connectivity index (χ1) is 11.5. The third-order valence-corrected chi connectivity index (χ3v) is 4.36. The highest BCUT2D eigenvalue weighted by Gasteiger charge is 2.25. The van der Waals surface area contributed by atoms with Gasteiger partial charge in [0.15, 0.2) is 0 Å². The Morgan fingerprint density at radius 1 is 1.08 bits per heavy atom. The van der Waals surface area contributed by atoms with Crippen LogP contribution in [0.5, 0.6) is 0 Å². The smallest absolute Gasteiger partial charge is 0.423 e. The van der Waals surface area contributed by atoms with Crippen molar-refractivity contribution < 1.29 is 14.8 Å². The molecule has 1 fully saturated rings. The molecule has 2 heterocycles. The summed E-state index contributed by atoms with van der Waals surface area (Å²) in [4.78, 5) is 14.3. The lowest BCUT2D eigenvalue weighted by atomic mass is 9.80. The van der Waals surface area contributed by atoms with E-state index >= 15 is 0 Å². The van der Waals surface area contributed by atoms with E-state index in [1.807, 2.05) is 11.0 Å². The van der Waals surface area contributed by atoms with Crippen LogP contribution in [0.3, 0.4) is 0 Å². The van der Waals surface area contributed by atoms with Gasteiger partial charge in [-0.3, -0.25) is 4.79 Å². The minimum Gasteiger partial charge on any atom is -0.423 e. The summed E-state index contributed by atoms with van der Waals surface area (Å²) in [5, 5.41) is 26.2. The number of benzene rings is 1. The van der Waals surface area contributed by atoms with E-state index in [0.717, 1.165) is 18.5 Å². The van der Waals surface area contributed by atoms with Crippen LogP contribution in [0.25, 0.3) is 0 Å². The van der Waals surface area contributed by atoms with Crippen LogP contribution >= 0.6 is 0 Å². The number of carbonyl (C=O) groups is 1. The van der Waals surface area contributed by atoms with Crippen molar-refractivity contribution in [1.29, 1.82) is 0 Å². The number of hydrogen-bond acceptors (Lipinski definition) is 6. The van der Waals surface area contributed by atoms with Crippen LogP contribution in [0.4, 0.5) is 5.82 Å². The van der Waals surface area contributed by atoms with Crippen LogP contribution in [-0.2, 0) is 0 Å². The zero-order valence-electron chi connectivity index (χ0n) is 13.2. The van der Waals surface area contributed by atoms with E-state index in [-0.39, 0.29) is 11.8 Å². The molecule has 8 heteroatoms. The standard InChI is InChI=1S/C16H19BN4O3/c18-15-6-5-14(19-20-15)11-7-9-21(10-8-11)16(22)12-1-3-13(4-2-12)17(23)24/h1-6,11,23-24H,7-10H2,(H2,18,20). The first-order valence-corrected chi connectivity index (χ1v) is 7.89. The van der Waals surface area contributed by atoms with Gasteiger partial charge in [0.05, 0.1) is 5.69 Å². The summed E-state index contributed by atoms with van der Waals surface area (Å²) < 4.78 is 0. The van der Waals surface area contributed by atoms with E-state index in [1.165, 1.54) is 0 Å². The highest BCUT2D eigenvalue weighted by atomic mass is 16.4. The number of likely N-dealkylation sites (tertiary alicyclic amines) is 1. The van der Waals surface area contributed by atoms with Crippen LogP contribution in [0.1, 0.15) is 34.8 Å². The average molecular weight is 326 g/mol. The highest BCUT2D eigenvalue weighted by molar-refractivity contribution is 6.58. The topological polar surface area (TPSA) is 113 Å². The molecule has 3 rings (SSSR count). The molecule has 0 unspecified atom stereocenters. The fourth-order valence-corrected chi connectivity index (χ4v) is 2.93. The van der Waals surface area contributed by atoms with Crippen molar-refractivity contribution in [2.75, 3.05) is 18.8 Å². The second-order valence-electron chi connectivity index (χ2n) is 5.95. The Kier molecular flexibility index (Phi) is 4.77. The molecule has 1 amide bonds. The molecule has 1 aromatic heterocycles. The molecule has 1 saturated heterocycles. The van der Waals surface area contributed by atoms with Crippen molar-refractivity contribution in [3.8, 4) is 0 Å². The summed E-state index contributed by atoms with van der Waals surface area (Å²) in [6, 6.07) is 9.98.